The zero-order valence-corrected chi connectivity index (χ0v) is 22.6. The van der Waals surface area contributed by atoms with Crippen molar-refractivity contribution in [3.63, 3.8) is 0 Å². The number of fused-ring (bicyclic) bond motifs is 7. The van der Waals surface area contributed by atoms with Crippen molar-refractivity contribution in [2.75, 3.05) is 6.61 Å². The third-order valence-corrected chi connectivity index (χ3v) is 13.9. The average Bonchev–Trinajstić information content (AvgIpc) is 3.18. The van der Waals surface area contributed by atoms with E-state index in [0.717, 1.165) is 57.8 Å². The minimum absolute atomic E-state index is 0.0665. The standard InChI is InChI=1S/C30H50O4/c1-18(2)19-9-14-30(25(33)34)16-15-28(5)20(24(19)30)7-8-22-26(3)12-11-23(32)27(4,17-31)21(26)10-13-29(22,28)6/h18-24,31-32H,7-17H2,1-6H3,(H,33,34)/t19-,20?,21+,22+,23?,24+,26-,27-,28+,29+,30-/m0/s1. The molecule has 194 valence electrons. The van der Waals surface area contributed by atoms with Crippen LogP contribution in [0.15, 0.2) is 0 Å². The van der Waals surface area contributed by atoms with E-state index in [4.69, 9.17) is 0 Å². The highest BCUT2D eigenvalue weighted by Crippen LogP contribution is 2.77. The average molecular weight is 475 g/mol. The fourth-order valence-corrected chi connectivity index (χ4v) is 11.8. The van der Waals surface area contributed by atoms with E-state index >= 15 is 0 Å². The van der Waals surface area contributed by atoms with Crippen LogP contribution in [0.25, 0.3) is 0 Å². The van der Waals surface area contributed by atoms with Crippen molar-refractivity contribution in [1.29, 1.82) is 0 Å². The summed E-state index contributed by atoms with van der Waals surface area (Å²) in [6.07, 6.45) is 9.81. The fourth-order valence-electron chi connectivity index (χ4n) is 11.8. The van der Waals surface area contributed by atoms with Crippen LogP contribution in [0.1, 0.15) is 106 Å². The summed E-state index contributed by atoms with van der Waals surface area (Å²) < 4.78 is 0. The van der Waals surface area contributed by atoms with Gasteiger partial charge in [0, 0.05) is 5.41 Å². The van der Waals surface area contributed by atoms with Crippen molar-refractivity contribution in [1.82, 2.24) is 0 Å². The Bertz CT molecular complexity index is 840. The van der Waals surface area contributed by atoms with Crippen LogP contribution in [0.2, 0.25) is 0 Å². The molecular formula is C30H50O4. The number of hydrogen-bond acceptors (Lipinski definition) is 3. The molecule has 0 radical (unpaired) electrons. The van der Waals surface area contributed by atoms with Crippen LogP contribution in [0, 0.1) is 62.6 Å². The van der Waals surface area contributed by atoms with Crippen LogP contribution in [0.4, 0.5) is 0 Å². The predicted molar refractivity (Wildman–Crippen MR) is 134 cm³/mol. The largest absolute Gasteiger partial charge is 0.481 e. The number of aliphatic hydroxyl groups is 2. The van der Waals surface area contributed by atoms with Gasteiger partial charge in [0.2, 0.25) is 0 Å². The van der Waals surface area contributed by atoms with Crippen molar-refractivity contribution < 1.29 is 20.1 Å². The maximum absolute atomic E-state index is 12.8. The van der Waals surface area contributed by atoms with Gasteiger partial charge in [-0.05, 0) is 116 Å². The maximum Gasteiger partial charge on any atom is 0.309 e. The van der Waals surface area contributed by atoms with Gasteiger partial charge in [0.25, 0.3) is 0 Å². The molecule has 2 unspecified atom stereocenters. The van der Waals surface area contributed by atoms with Crippen molar-refractivity contribution >= 4 is 5.97 Å². The third kappa shape index (κ3) is 2.82. The van der Waals surface area contributed by atoms with Gasteiger partial charge in [-0.1, -0.05) is 41.5 Å². The summed E-state index contributed by atoms with van der Waals surface area (Å²) >= 11 is 0. The Balaban J connectivity index is 1.56. The van der Waals surface area contributed by atoms with Crippen LogP contribution < -0.4 is 0 Å². The van der Waals surface area contributed by atoms with Crippen LogP contribution in [-0.2, 0) is 4.79 Å². The summed E-state index contributed by atoms with van der Waals surface area (Å²) in [7, 11) is 0. The molecule has 0 spiro atoms. The summed E-state index contributed by atoms with van der Waals surface area (Å²) in [4.78, 5) is 12.8. The predicted octanol–water partition coefficient (Wildman–Crippen LogP) is 6.14. The van der Waals surface area contributed by atoms with E-state index in [0.29, 0.717) is 35.5 Å². The summed E-state index contributed by atoms with van der Waals surface area (Å²) in [5, 5.41) is 31.9. The lowest BCUT2D eigenvalue weighted by Crippen LogP contribution is -2.67. The SMILES string of the molecule is CC(C)[C@@H]1CC[C@]2(C(=O)O)CC[C@]3(C)C(CC[C@@H]4[C@@]5(C)CCC(O)[C@@](C)(CO)[C@@H]5CC[C@]43C)[C@@H]12. The van der Waals surface area contributed by atoms with Gasteiger partial charge in [-0.15, -0.1) is 0 Å². The molecule has 11 atom stereocenters. The molecule has 3 N–H and O–H groups in total. The summed E-state index contributed by atoms with van der Waals surface area (Å²) in [6, 6.07) is 0. The number of carboxylic acids is 1. The summed E-state index contributed by atoms with van der Waals surface area (Å²) in [5.74, 6) is 2.27. The molecule has 0 saturated heterocycles. The number of carbonyl (C=O) groups is 1. The Morgan fingerprint density at radius 2 is 1.56 bits per heavy atom. The second-order valence-electron chi connectivity index (χ2n) is 14.8. The number of carboxylic acid groups (broad SMARTS) is 1. The second kappa shape index (κ2) is 7.70. The van der Waals surface area contributed by atoms with Gasteiger partial charge in [-0.25, -0.2) is 0 Å². The number of aliphatic hydroxyl groups excluding tert-OH is 2. The fraction of sp³-hybridized carbons (Fsp3) is 0.967. The molecule has 0 aromatic rings. The molecule has 0 aromatic carbocycles. The van der Waals surface area contributed by atoms with Gasteiger partial charge < -0.3 is 15.3 Å². The smallest absolute Gasteiger partial charge is 0.309 e. The minimum atomic E-state index is -0.523. The molecule has 0 aliphatic heterocycles. The number of rotatable bonds is 3. The highest BCUT2D eigenvalue weighted by molar-refractivity contribution is 5.76. The molecule has 0 heterocycles. The third-order valence-electron chi connectivity index (χ3n) is 13.9. The molecule has 5 rings (SSSR count). The molecule has 0 bridgehead atoms. The zero-order chi connectivity index (χ0) is 24.9. The Hall–Kier alpha value is -0.610. The number of aliphatic carboxylic acids is 1. The van der Waals surface area contributed by atoms with E-state index in [1.165, 1.54) is 6.42 Å². The molecule has 4 heteroatoms. The maximum atomic E-state index is 12.8. The topological polar surface area (TPSA) is 77.8 Å². The van der Waals surface area contributed by atoms with Gasteiger partial charge in [0.1, 0.15) is 0 Å². The molecule has 5 aliphatic rings. The Morgan fingerprint density at radius 1 is 0.853 bits per heavy atom. The molecule has 4 nitrogen and oxygen atoms in total. The summed E-state index contributed by atoms with van der Waals surface area (Å²) in [5.41, 5.74) is -0.434. The summed E-state index contributed by atoms with van der Waals surface area (Å²) in [6.45, 7) is 14.4. The highest BCUT2D eigenvalue weighted by Gasteiger charge is 2.72. The minimum Gasteiger partial charge on any atom is -0.481 e. The first-order valence-corrected chi connectivity index (χ1v) is 14.3. The van der Waals surface area contributed by atoms with Gasteiger partial charge >= 0.3 is 5.97 Å². The quantitative estimate of drug-likeness (QED) is 0.459. The van der Waals surface area contributed by atoms with E-state index < -0.39 is 22.9 Å². The lowest BCUT2D eigenvalue weighted by molar-refractivity contribution is -0.255. The van der Waals surface area contributed by atoms with E-state index in [1.54, 1.807) is 0 Å². The van der Waals surface area contributed by atoms with Crippen molar-refractivity contribution in [3.8, 4) is 0 Å². The van der Waals surface area contributed by atoms with Gasteiger partial charge in [0.15, 0.2) is 0 Å². The second-order valence-corrected chi connectivity index (χ2v) is 14.8. The van der Waals surface area contributed by atoms with E-state index in [9.17, 15) is 20.1 Å². The lowest BCUT2D eigenvalue weighted by atomic mass is 9.32. The Kier molecular flexibility index (Phi) is 5.67. The van der Waals surface area contributed by atoms with E-state index in [2.05, 4.69) is 41.5 Å². The first-order valence-electron chi connectivity index (χ1n) is 14.3. The lowest BCUT2D eigenvalue weighted by Gasteiger charge is -2.72. The first kappa shape index (κ1) is 25.1. The van der Waals surface area contributed by atoms with Crippen LogP contribution in [0.5, 0.6) is 0 Å². The zero-order valence-electron chi connectivity index (χ0n) is 22.6. The number of hydrogen-bond donors (Lipinski definition) is 3. The van der Waals surface area contributed by atoms with Gasteiger partial charge in [-0.2, -0.15) is 0 Å². The Morgan fingerprint density at radius 3 is 2.18 bits per heavy atom. The van der Waals surface area contributed by atoms with Crippen molar-refractivity contribution in [3.05, 3.63) is 0 Å². The van der Waals surface area contributed by atoms with Crippen LogP contribution in [0.3, 0.4) is 0 Å². The normalized spacial score (nSPS) is 56.9. The van der Waals surface area contributed by atoms with Gasteiger partial charge in [-0.3, -0.25) is 4.79 Å². The van der Waals surface area contributed by atoms with Crippen LogP contribution >= 0.6 is 0 Å². The molecule has 34 heavy (non-hydrogen) atoms. The first-order chi connectivity index (χ1) is 15.8. The Labute approximate surface area is 207 Å². The van der Waals surface area contributed by atoms with Crippen LogP contribution in [-0.4, -0.2) is 34.0 Å². The molecule has 5 aliphatic carbocycles. The van der Waals surface area contributed by atoms with Crippen molar-refractivity contribution in [2.24, 2.45) is 62.6 Å². The molecular weight excluding hydrogens is 424 g/mol. The van der Waals surface area contributed by atoms with E-state index in [1.807, 2.05) is 0 Å². The molecule has 5 fully saturated rings. The monoisotopic (exact) mass is 474 g/mol. The van der Waals surface area contributed by atoms with Crippen molar-refractivity contribution in [2.45, 2.75) is 112 Å². The molecule has 0 aromatic heterocycles. The highest BCUT2D eigenvalue weighted by atomic mass is 16.4. The van der Waals surface area contributed by atoms with Gasteiger partial charge in [0.05, 0.1) is 18.1 Å². The van der Waals surface area contributed by atoms with E-state index in [-0.39, 0.29) is 22.9 Å². The molecule has 0 amide bonds. The molecule has 5 saturated carbocycles.